The molecule has 0 rings (SSSR count). The molecule has 0 saturated heterocycles. The molecule has 0 aromatic carbocycles. The maximum absolute atomic E-state index is 11.5. The van der Waals surface area contributed by atoms with E-state index < -0.39 is 6.04 Å². The number of carbonyl (C=O) groups is 1. The van der Waals surface area contributed by atoms with Crippen molar-refractivity contribution in [1.29, 1.82) is 0 Å². The number of ether oxygens (including phenoxy) is 2. The van der Waals surface area contributed by atoms with Gasteiger partial charge in [0.2, 0.25) is 0 Å². The van der Waals surface area contributed by atoms with E-state index in [9.17, 15) is 4.79 Å². The SMILES string of the molecule is CCCCCO[C@@H](C)C(OC(=O)[C@H](C)N)C(C)C. The van der Waals surface area contributed by atoms with Crippen molar-refractivity contribution in [2.75, 3.05) is 6.61 Å². The predicted molar refractivity (Wildman–Crippen MR) is 73.3 cm³/mol. The average Bonchev–Trinajstić information content (AvgIpc) is 2.30. The van der Waals surface area contributed by atoms with Gasteiger partial charge in [0.1, 0.15) is 12.1 Å². The molecule has 0 heterocycles. The van der Waals surface area contributed by atoms with Gasteiger partial charge in [-0.15, -0.1) is 0 Å². The van der Waals surface area contributed by atoms with Crippen LogP contribution in [0, 0.1) is 5.92 Å². The summed E-state index contributed by atoms with van der Waals surface area (Å²) in [5.74, 6) is -0.147. The molecule has 4 nitrogen and oxygen atoms in total. The zero-order chi connectivity index (χ0) is 14.1. The second-order valence-corrected chi connectivity index (χ2v) is 5.22. The summed E-state index contributed by atoms with van der Waals surface area (Å²) in [6.07, 6.45) is 3.06. The Hall–Kier alpha value is -0.610. The maximum atomic E-state index is 11.5. The number of hydrogen-bond donors (Lipinski definition) is 1. The monoisotopic (exact) mass is 259 g/mol. The van der Waals surface area contributed by atoms with Crippen LogP contribution in [0.2, 0.25) is 0 Å². The predicted octanol–water partition coefficient (Wildman–Crippen LogP) is 2.50. The molecule has 0 spiro atoms. The first kappa shape index (κ1) is 17.4. The molecule has 0 aliphatic carbocycles. The molecule has 0 aromatic rings. The summed E-state index contributed by atoms with van der Waals surface area (Å²) in [4.78, 5) is 11.5. The Morgan fingerprint density at radius 2 is 1.78 bits per heavy atom. The third kappa shape index (κ3) is 6.97. The normalized spacial score (nSPS) is 16.4. The molecule has 108 valence electrons. The van der Waals surface area contributed by atoms with Crippen LogP contribution in [0.1, 0.15) is 53.9 Å². The van der Waals surface area contributed by atoms with Crippen molar-refractivity contribution < 1.29 is 14.3 Å². The van der Waals surface area contributed by atoms with Crippen molar-refractivity contribution in [2.24, 2.45) is 11.7 Å². The molecule has 3 atom stereocenters. The fourth-order valence-electron chi connectivity index (χ4n) is 1.73. The van der Waals surface area contributed by atoms with Crippen LogP contribution < -0.4 is 5.73 Å². The Morgan fingerprint density at radius 1 is 1.17 bits per heavy atom. The molecule has 4 heteroatoms. The highest BCUT2D eigenvalue weighted by Gasteiger charge is 2.26. The van der Waals surface area contributed by atoms with Gasteiger partial charge in [-0.3, -0.25) is 4.79 Å². The third-order valence-corrected chi connectivity index (χ3v) is 2.87. The van der Waals surface area contributed by atoms with Gasteiger partial charge in [-0.2, -0.15) is 0 Å². The van der Waals surface area contributed by atoms with Crippen molar-refractivity contribution >= 4 is 5.97 Å². The van der Waals surface area contributed by atoms with Crippen LogP contribution in [0.15, 0.2) is 0 Å². The Labute approximate surface area is 111 Å². The molecule has 2 N–H and O–H groups in total. The van der Waals surface area contributed by atoms with Gasteiger partial charge in [-0.05, 0) is 26.2 Å². The number of carbonyl (C=O) groups excluding carboxylic acids is 1. The van der Waals surface area contributed by atoms with Crippen LogP contribution in [0.3, 0.4) is 0 Å². The molecule has 0 bridgehead atoms. The first-order valence-corrected chi connectivity index (χ1v) is 6.97. The average molecular weight is 259 g/mol. The van der Waals surface area contributed by atoms with E-state index in [-0.39, 0.29) is 24.1 Å². The molecule has 0 aliphatic heterocycles. The van der Waals surface area contributed by atoms with E-state index in [4.69, 9.17) is 15.2 Å². The van der Waals surface area contributed by atoms with Crippen molar-refractivity contribution in [1.82, 2.24) is 0 Å². The summed E-state index contributed by atoms with van der Waals surface area (Å²) in [5, 5.41) is 0. The zero-order valence-corrected chi connectivity index (χ0v) is 12.4. The van der Waals surface area contributed by atoms with Crippen molar-refractivity contribution in [3.05, 3.63) is 0 Å². The molecule has 0 aromatic heterocycles. The molecule has 0 aliphatic rings. The first-order valence-electron chi connectivity index (χ1n) is 6.97. The fourth-order valence-corrected chi connectivity index (χ4v) is 1.73. The lowest BCUT2D eigenvalue weighted by atomic mass is 10.0. The highest BCUT2D eigenvalue weighted by Crippen LogP contribution is 2.15. The zero-order valence-electron chi connectivity index (χ0n) is 12.4. The summed E-state index contributed by atoms with van der Waals surface area (Å²) in [6, 6.07) is -0.585. The Kier molecular flexibility index (Phi) is 9.02. The smallest absolute Gasteiger partial charge is 0.322 e. The van der Waals surface area contributed by atoms with Gasteiger partial charge in [0.15, 0.2) is 0 Å². The summed E-state index contributed by atoms with van der Waals surface area (Å²) >= 11 is 0. The fraction of sp³-hybridized carbons (Fsp3) is 0.929. The summed E-state index contributed by atoms with van der Waals surface area (Å²) in [5.41, 5.74) is 5.51. The number of unbranched alkanes of at least 4 members (excludes halogenated alkanes) is 2. The van der Waals surface area contributed by atoms with Gasteiger partial charge in [0.05, 0.1) is 6.10 Å². The van der Waals surface area contributed by atoms with Crippen LogP contribution in [0.25, 0.3) is 0 Å². The number of esters is 1. The summed E-state index contributed by atoms with van der Waals surface area (Å²) in [6.45, 7) is 10.5. The van der Waals surface area contributed by atoms with Crippen LogP contribution in [0.5, 0.6) is 0 Å². The van der Waals surface area contributed by atoms with Crippen LogP contribution >= 0.6 is 0 Å². The van der Waals surface area contributed by atoms with Crippen LogP contribution in [0.4, 0.5) is 0 Å². The van der Waals surface area contributed by atoms with Crippen molar-refractivity contribution in [3.63, 3.8) is 0 Å². The van der Waals surface area contributed by atoms with E-state index in [1.165, 1.54) is 12.8 Å². The molecular formula is C14H29NO3. The van der Waals surface area contributed by atoms with E-state index in [0.717, 1.165) is 6.42 Å². The number of rotatable bonds is 9. The quantitative estimate of drug-likeness (QED) is 0.510. The van der Waals surface area contributed by atoms with E-state index in [1.807, 2.05) is 20.8 Å². The molecule has 18 heavy (non-hydrogen) atoms. The van der Waals surface area contributed by atoms with Crippen molar-refractivity contribution in [3.8, 4) is 0 Å². The van der Waals surface area contributed by atoms with Gasteiger partial charge in [0, 0.05) is 6.61 Å². The molecule has 0 fully saturated rings. The maximum Gasteiger partial charge on any atom is 0.322 e. The van der Waals surface area contributed by atoms with Crippen LogP contribution in [-0.4, -0.2) is 30.8 Å². The molecular weight excluding hydrogens is 230 g/mol. The van der Waals surface area contributed by atoms with E-state index >= 15 is 0 Å². The Balaban J connectivity index is 4.19. The van der Waals surface area contributed by atoms with Gasteiger partial charge in [0.25, 0.3) is 0 Å². The highest BCUT2D eigenvalue weighted by molar-refractivity contribution is 5.75. The lowest BCUT2D eigenvalue weighted by Crippen LogP contribution is -2.40. The number of nitrogens with two attached hydrogens (primary N) is 1. The second kappa shape index (κ2) is 9.34. The Morgan fingerprint density at radius 3 is 2.22 bits per heavy atom. The highest BCUT2D eigenvalue weighted by atomic mass is 16.6. The topological polar surface area (TPSA) is 61.5 Å². The van der Waals surface area contributed by atoms with Gasteiger partial charge in [-0.1, -0.05) is 33.6 Å². The minimum atomic E-state index is -0.585. The van der Waals surface area contributed by atoms with E-state index in [2.05, 4.69) is 6.92 Å². The van der Waals surface area contributed by atoms with E-state index in [0.29, 0.717) is 6.61 Å². The molecule has 0 saturated carbocycles. The van der Waals surface area contributed by atoms with E-state index in [1.54, 1.807) is 6.92 Å². The van der Waals surface area contributed by atoms with Gasteiger partial charge >= 0.3 is 5.97 Å². The molecule has 1 unspecified atom stereocenters. The number of hydrogen-bond acceptors (Lipinski definition) is 4. The largest absolute Gasteiger partial charge is 0.458 e. The molecule has 0 amide bonds. The Bertz CT molecular complexity index is 229. The minimum Gasteiger partial charge on any atom is -0.458 e. The summed E-state index contributed by atoms with van der Waals surface area (Å²) in [7, 11) is 0. The molecule has 0 radical (unpaired) electrons. The standard InChI is InChI=1S/C14H29NO3/c1-6-7-8-9-17-12(5)13(10(2)3)18-14(16)11(4)15/h10-13H,6-9,15H2,1-5H3/t11-,12-,13?/m0/s1. The first-order chi connectivity index (χ1) is 8.40. The van der Waals surface area contributed by atoms with Gasteiger partial charge in [-0.25, -0.2) is 0 Å². The lowest BCUT2D eigenvalue weighted by molar-refractivity contribution is -0.162. The third-order valence-electron chi connectivity index (χ3n) is 2.87. The lowest BCUT2D eigenvalue weighted by Gasteiger charge is -2.28. The summed E-state index contributed by atoms with van der Waals surface area (Å²) < 4.78 is 11.1. The minimum absolute atomic E-state index is 0.0930. The second-order valence-electron chi connectivity index (χ2n) is 5.22. The van der Waals surface area contributed by atoms with Crippen molar-refractivity contribution in [2.45, 2.75) is 72.1 Å². The van der Waals surface area contributed by atoms with Gasteiger partial charge < -0.3 is 15.2 Å². The van der Waals surface area contributed by atoms with Crippen LogP contribution in [-0.2, 0) is 14.3 Å².